The van der Waals surface area contributed by atoms with Gasteiger partial charge in [0, 0.05) is 38.3 Å². The Bertz CT molecular complexity index is 3460. The molecular formula is C69H72N2. The lowest BCUT2D eigenvalue weighted by atomic mass is 9.70. The van der Waals surface area contributed by atoms with Crippen molar-refractivity contribution in [1.82, 2.24) is 9.13 Å². The predicted molar refractivity (Wildman–Crippen MR) is 307 cm³/mol. The first-order valence-electron chi connectivity index (χ1n) is 27.3. The summed E-state index contributed by atoms with van der Waals surface area (Å²) in [5.74, 6) is 0. The first-order valence-corrected chi connectivity index (χ1v) is 27.3. The van der Waals surface area contributed by atoms with Crippen molar-refractivity contribution in [2.24, 2.45) is 0 Å². The molecule has 2 heteroatoms. The second kappa shape index (κ2) is 19.9. The number of aromatic nitrogens is 2. The lowest BCUT2D eigenvalue weighted by Gasteiger charge is -2.33. The highest BCUT2D eigenvalue weighted by Crippen LogP contribution is 2.55. The molecule has 358 valence electrons. The molecule has 0 spiro atoms. The zero-order chi connectivity index (χ0) is 48.6. The normalized spacial score (nSPS) is 13.0. The molecule has 0 saturated carbocycles. The maximum atomic E-state index is 2.63. The summed E-state index contributed by atoms with van der Waals surface area (Å²) in [5.41, 5.74) is 23.8. The number of fused-ring (bicyclic) bond motifs is 9. The third kappa shape index (κ3) is 8.72. The van der Waals surface area contributed by atoms with E-state index in [1.54, 1.807) is 11.1 Å². The van der Waals surface area contributed by atoms with Gasteiger partial charge in [-0.05, 0) is 164 Å². The molecule has 2 aromatic heterocycles. The summed E-state index contributed by atoms with van der Waals surface area (Å²) in [5, 5.41) is 5.23. The minimum atomic E-state index is 0.0541. The fourth-order valence-electron chi connectivity index (χ4n) is 12.6. The van der Waals surface area contributed by atoms with Crippen molar-refractivity contribution in [1.29, 1.82) is 0 Å². The van der Waals surface area contributed by atoms with Crippen LogP contribution in [0.4, 0.5) is 0 Å². The Labute approximate surface area is 423 Å². The molecule has 0 amide bonds. The summed E-state index contributed by atoms with van der Waals surface area (Å²) in [6.07, 6.45) is 18.4. The number of hydrogen-bond donors (Lipinski definition) is 0. The third-order valence-corrected chi connectivity index (χ3v) is 16.3. The van der Waals surface area contributed by atoms with Gasteiger partial charge in [0.05, 0.1) is 22.1 Å². The third-order valence-electron chi connectivity index (χ3n) is 16.3. The van der Waals surface area contributed by atoms with E-state index < -0.39 is 0 Å². The van der Waals surface area contributed by atoms with Crippen molar-refractivity contribution in [2.45, 2.75) is 137 Å². The summed E-state index contributed by atoms with van der Waals surface area (Å²) >= 11 is 0. The summed E-state index contributed by atoms with van der Waals surface area (Å²) in [4.78, 5) is 0. The fourth-order valence-corrected chi connectivity index (χ4v) is 12.6. The molecule has 0 N–H and O–H groups in total. The second-order valence-corrected chi connectivity index (χ2v) is 21.5. The van der Waals surface area contributed by atoms with Crippen LogP contribution in [0.15, 0.2) is 158 Å². The topological polar surface area (TPSA) is 9.86 Å². The molecule has 0 saturated heterocycles. The number of benzene rings is 8. The average molecular weight is 929 g/mol. The quantitative estimate of drug-likeness (QED) is 0.0759. The molecule has 2 nitrogen and oxygen atoms in total. The first kappa shape index (κ1) is 46.7. The van der Waals surface area contributed by atoms with Gasteiger partial charge in [-0.25, -0.2) is 0 Å². The Balaban J connectivity index is 0.929. The van der Waals surface area contributed by atoms with E-state index in [9.17, 15) is 0 Å². The van der Waals surface area contributed by atoms with Crippen LogP contribution in [0, 0.1) is 27.7 Å². The second-order valence-electron chi connectivity index (χ2n) is 21.5. The monoisotopic (exact) mass is 929 g/mol. The molecule has 2 heterocycles. The van der Waals surface area contributed by atoms with Gasteiger partial charge in [-0.3, -0.25) is 0 Å². The molecule has 0 radical (unpaired) electrons. The fraction of sp³-hybridized carbons (Fsp3) is 0.304. The largest absolute Gasteiger partial charge is 0.309 e. The summed E-state index contributed by atoms with van der Waals surface area (Å²) in [7, 11) is 0. The van der Waals surface area contributed by atoms with Crippen molar-refractivity contribution in [2.75, 3.05) is 0 Å². The van der Waals surface area contributed by atoms with E-state index in [4.69, 9.17) is 0 Å². The van der Waals surface area contributed by atoms with Gasteiger partial charge in [0.1, 0.15) is 0 Å². The van der Waals surface area contributed by atoms with Gasteiger partial charge in [0.25, 0.3) is 0 Å². The Morgan fingerprint density at radius 2 is 0.648 bits per heavy atom. The molecule has 8 aromatic carbocycles. The highest BCUT2D eigenvalue weighted by atomic mass is 15.0. The van der Waals surface area contributed by atoms with Crippen LogP contribution in [-0.4, -0.2) is 9.13 Å². The molecule has 1 aliphatic rings. The van der Waals surface area contributed by atoms with Crippen LogP contribution >= 0.6 is 0 Å². The van der Waals surface area contributed by atoms with E-state index in [0.29, 0.717) is 0 Å². The summed E-state index contributed by atoms with van der Waals surface area (Å²) < 4.78 is 4.89. The van der Waals surface area contributed by atoms with Gasteiger partial charge >= 0.3 is 0 Å². The number of nitrogens with zero attached hydrogens (tertiary/aromatic N) is 2. The van der Waals surface area contributed by atoms with E-state index in [2.05, 4.69) is 208 Å². The van der Waals surface area contributed by atoms with Crippen LogP contribution in [0.3, 0.4) is 0 Å². The van der Waals surface area contributed by atoms with Gasteiger partial charge in [0.15, 0.2) is 0 Å². The van der Waals surface area contributed by atoms with Crippen LogP contribution in [0.5, 0.6) is 0 Å². The minimum Gasteiger partial charge on any atom is -0.309 e. The smallest absolute Gasteiger partial charge is 0.0541 e. The lowest BCUT2D eigenvalue weighted by molar-refractivity contribution is 0.398. The number of hydrogen-bond acceptors (Lipinski definition) is 0. The highest BCUT2D eigenvalue weighted by molar-refractivity contribution is 6.11. The molecule has 0 unspecified atom stereocenters. The van der Waals surface area contributed by atoms with Crippen LogP contribution in [0.1, 0.15) is 137 Å². The standard InChI is InChI=1S/C69H72N2/c1-7-9-11-13-15-17-39-69(40-18-16-14-12-10-8-2)63-44-50(6)19-33-57(63)58-34-27-54(46-64(58)69)53-28-38-68-62(45-53)61-43-49(5)22-37-67(61)71(68)56-31-25-52(26-32-56)51-23-29-55(30-24-51)70-65-35-20-47(3)41-59(65)60-42-48(4)21-36-66(60)70/h19-38,41-46H,7-18,39-40H2,1-6H3. The van der Waals surface area contributed by atoms with Crippen LogP contribution in [0.2, 0.25) is 0 Å². The van der Waals surface area contributed by atoms with Crippen molar-refractivity contribution in [3.63, 3.8) is 0 Å². The van der Waals surface area contributed by atoms with Crippen molar-refractivity contribution >= 4 is 43.6 Å². The zero-order valence-electron chi connectivity index (χ0n) is 43.3. The van der Waals surface area contributed by atoms with Gasteiger partial charge in [-0.2, -0.15) is 0 Å². The first-order chi connectivity index (χ1) is 34.7. The molecule has 10 aromatic rings. The van der Waals surface area contributed by atoms with Crippen LogP contribution in [0.25, 0.3) is 88.4 Å². The highest BCUT2D eigenvalue weighted by Gasteiger charge is 2.42. The molecule has 1 aliphatic carbocycles. The SMILES string of the molecule is CCCCCCCCC1(CCCCCCCC)c2cc(C)ccc2-c2ccc(-c3ccc4c(c3)c3cc(C)ccc3n4-c3ccc(-c4ccc(-n5c6ccc(C)cc6c6cc(C)ccc65)cc4)cc3)cc21. The number of unbranched alkanes of at least 4 members (excludes halogenated alkanes) is 10. The zero-order valence-corrected chi connectivity index (χ0v) is 43.3. The van der Waals surface area contributed by atoms with Gasteiger partial charge in [-0.15, -0.1) is 0 Å². The van der Waals surface area contributed by atoms with E-state index in [-0.39, 0.29) is 5.41 Å². The number of aryl methyl sites for hydroxylation is 4. The van der Waals surface area contributed by atoms with E-state index in [1.807, 2.05) is 0 Å². The Morgan fingerprint density at radius 1 is 0.310 bits per heavy atom. The molecular weight excluding hydrogens is 857 g/mol. The summed E-state index contributed by atoms with van der Waals surface area (Å²) in [6.45, 7) is 13.5. The van der Waals surface area contributed by atoms with Crippen molar-refractivity contribution in [3.8, 4) is 44.8 Å². The Kier molecular flexibility index (Phi) is 13.1. The molecule has 0 bridgehead atoms. The lowest BCUT2D eigenvalue weighted by Crippen LogP contribution is -2.25. The van der Waals surface area contributed by atoms with Crippen molar-refractivity contribution < 1.29 is 0 Å². The van der Waals surface area contributed by atoms with E-state index in [0.717, 1.165) is 0 Å². The maximum Gasteiger partial charge on any atom is 0.0541 e. The molecule has 0 aliphatic heterocycles. The Hall–Kier alpha value is -6.64. The van der Waals surface area contributed by atoms with E-state index >= 15 is 0 Å². The van der Waals surface area contributed by atoms with Crippen molar-refractivity contribution in [3.05, 3.63) is 191 Å². The predicted octanol–water partition coefficient (Wildman–Crippen LogP) is 20.2. The average Bonchev–Trinajstić information content (AvgIpc) is 3.98. The van der Waals surface area contributed by atoms with Gasteiger partial charge in [-0.1, -0.05) is 192 Å². The molecule has 11 rings (SSSR count). The number of rotatable bonds is 18. The maximum absolute atomic E-state index is 2.63. The van der Waals surface area contributed by atoms with Gasteiger partial charge < -0.3 is 9.13 Å². The minimum absolute atomic E-state index is 0.0541. The van der Waals surface area contributed by atoms with E-state index in [1.165, 1.54) is 201 Å². The van der Waals surface area contributed by atoms with Crippen LogP contribution in [-0.2, 0) is 5.41 Å². The van der Waals surface area contributed by atoms with Gasteiger partial charge in [0.2, 0.25) is 0 Å². The summed E-state index contributed by atoms with van der Waals surface area (Å²) in [6, 6.07) is 61.1. The molecule has 71 heavy (non-hydrogen) atoms. The molecule has 0 atom stereocenters. The Morgan fingerprint density at radius 3 is 1.13 bits per heavy atom. The van der Waals surface area contributed by atoms with Crippen LogP contribution < -0.4 is 0 Å². The molecule has 0 fully saturated rings.